The summed E-state index contributed by atoms with van der Waals surface area (Å²) in [6, 6.07) is 7.91. The van der Waals surface area contributed by atoms with E-state index in [1.807, 2.05) is 36.1 Å². The molecule has 0 aliphatic carbocycles. The summed E-state index contributed by atoms with van der Waals surface area (Å²) in [6.07, 6.45) is 0.625. The molecule has 0 radical (unpaired) electrons. The molecular formula is C14H19NO2S. The maximum atomic E-state index is 11.9. The lowest BCUT2D eigenvalue weighted by Gasteiger charge is -2.18. The molecule has 0 bridgehead atoms. The Morgan fingerprint density at radius 3 is 2.89 bits per heavy atom. The molecule has 4 heteroatoms. The predicted octanol–water partition coefficient (Wildman–Crippen LogP) is 2.36. The van der Waals surface area contributed by atoms with Gasteiger partial charge in [-0.1, -0.05) is 18.2 Å². The Kier molecular flexibility index (Phi) is 4.53. The maximum Gasteiger partial charge on any atom is 0.223 e. The molecule has 1 amide bonds. The van der Waals surface area contributed by atoms with Crippen LogP contribution in [0.15, 0.2) is 24.3 Å². The average Bonchev–Trinajstić information content (AvgIpc) is 2.73. The number of likely N-dealkylation sites (tertiary alicyclic amines) is 1. The van der Waals surface area contributed by atoms with E-state index in [1.165, 1.54) is 0 Å². The molecule has 0 aromatic heterocycles. The topological polar surface area (TPSA) is 29.5 Å². The van der Waals surface area contributed by atoms with Crippen molar-refractivity contribution in [3.8, 4) is 5.75 Å². The van der Waals surface area contributed by atoms with Crippen molar-refractivity contribution >= 4 is 18.5 Å². The van der Waals surface area contributed by atoms with Gasteiger partial charge in [0.15, 0.2) is 0 Å². The third-order valence-corrected chi connectivity index (χ3v) is 3.70. The van der Waals surface area contributed by atoms with Gasteiger partial charge in [0.1, 0.15) is 5.75 Å². The quantitative estimate of drug-likeness (QED) is 0.828. The van der Waals surface area contributed by atoms with Crippen molar-refractivity contribution in [3.63, 3.8) is 0 Å². The van der Waals surface area contributed by atoms with Gasteiger partial charge in [-0.05, 0) is 24.7 Å². The molecule has 0 saturated carbocycles. The van der Waals surface area contributed by atoms with Crippen molar-refractivity contribution < 1.29 is 9.53 Å². The van der Waals surface area contributed by atoms with Crippen LogP contribution in [0.25, 0.3) is 0 Å². The van der Waals surface area contributed by atoms with Crippen LogP contribution in [0.5, 0.6) is 5.75 Å². The number of hydrogen-bond donors (Lipinski definition) is 1. The fourth-order valence-corrected chi connectivity index (χ4v) is 2.51. The van der Waals surface area contributed by atoms with Gasteiger partial charge >= 0.3 is 0 Å². The molecule has 2 rings (SSSR count). The van der Waals surface area contributed by atoms with Crippen molar-refractivity contribution in [1.82, 2.24) is 4.90 Å². The van der Waals surface area contributed by atoms with E-state index in [2.05, 4.69) is 12.6 Å². The monoisotopic (exact) mass is 265 g/mol. The molecule has 1 fully saturated rings. The lowest BCUT2D eigenvalue weighted by Crippen LogP contribution is -2.25. The lowest BCUT2D eigenvalue weighted by atomic mass is 10.1. The van der Waals surface area contributed by atoms with Gasteiger partial charge in [-0.3, -0.25) is 4.79 Å². The van der Waals surface area contributed by atoms with Crippen LogP contribution in [-0.2, 0) is 11.3 Å². The van der Waals surface area contributed by atoms with Gasteiger partial charge in [-0.2, -0.15) is 12.6 Å². The molecule has 1 aliphatic rings. The second-order valence-electron chi connectivity index (χ2n) is 4.57. The molecule has 1 heterocycles. The fraction of sp³-hybridized carbons (Fsp3) is 0.500. The zero-order valence-corrected chi connectivity index (χ0v) is 11.5. The normalized spacial score (nSPS) is 19.3. The Morgan fingerprint density at radius 2 is 2.22 bits per heavy atom. The summed E-state index contributed by atoms with van der Waals surface area (Å²) in [5.41, 5.74) is 1.08. The number of ether oxygens (including phenoxy) is 1. The van der Waals surface area contributed by atoms with Gasteiger partial charge in [0.25, 0.3) is 0 Å². The van der Waals surface area contributed by atoms with Crippen molar-refractivity contribution in [2.75, 3.05) is 18.9 Å². The molecule has 1 aliphatic heterocycles. The zero-order valence-electron chi connectivity index (χ0n) is 10.6. The van der Waals surface area contributed by atoms with Crippen molar-refractivity contribution in [2.24, 2.45) is 5.92 Å². The van der Waals surface area contributed by atoms with Crippen LogP contribution in [0.4, 0.5) is 0 Å². The molecule has 1 aromatic rings. The third-order valence-electron chi connectivity index (χ3n) is 3.19. The smallest absolute Gasteiger partial charge is 0.223 e. The molecule has 18 heavy (non-hydrogen) atoms. The fourth-order valence-electron chi connectivity index (χ4n) is 2.27. The van der Waals surface area contributed by atoms with Crippen molar-refractivity contribution in [3.05, 3.63) is 29.8 Å². The number of amides is 1. The molecule has 1 atom stereocenters. The summed E-state index contributed by atoms with van der Waals surface area (Å²) < 4.78 is 5.58. The first-order chi connectivity index (χ1) is 8.74. The van der Waals surface area contributed by atoms with Crippen LogP contribution < -0.4 is 4.74 Å². The summed E-state index contributed by atoms with van der Waals surface area (Å²) in [4.78, 5) is 13.8. The van der Waals surface area contributed by atoms with Crippen LogP contribution in [-0.4, -0.2) is 29.7 Å². The van der Waals surface area contributed by atoms with E-state index < -0.39 is 0 Å². The van der Waals surface area contributed by atoms with Crippen LogP contribution >= 0.6 is 12.6 Å². The number of nitrogens with zero attached hydrogens (tertiary/aromatic N) is 1. The van der Waals surface area contributed by atoms with Crippen LogP contribution in [0.1, 0.15) is 18.9 Å². The molecular weight excluding hydrogens is 246 g/mol. The highest BCUT2D eigenvalue weighted by Gasteiger charge is 2.28. The lowest BCUT2D eigenvalue weighted by molar-refractivity contribution is -0.128. The highest BCUT2D eigenvalue weighted by atomic mass is 32.1. The summed E-state index contributed by atoms with van der Waals surface area (Å²) in [5.74, 6) is 2.26. The van der Waals surface area contributed by atoms with E-state index in [9.17, 15) is 4.79 Å². The number of carbonyl (C=O) groups is 1. The first-order valence-corrected chi connectivity index (χ1v) is 6.97. The van der Waals surface area contributed by atoms with Crippen molar-refractivity contribution in [2.45, 2.75) is 19.9 Å². The Morgan fingerprint density at radius 1 is 1.44 bits per heavy atom. The van der Waals surface area contributed by atoms with Gasteiger partial charge in [-0.15, -0.1) is 0 Å². The highest BCUT2D eigenvalue weighted by molar-refractivity contribution is 7.80. The highest BCUT2D eigenvalue weighted by Crippen LogP contribution is 2.25. The maximum absolute atomic E-state index is 11.9. The third kappa shape index (κ3) is 2.99. The van der Waals surface area contributed by atoms with Crippen LogP contribution in [0.2, 0.25) is 0 Å². The van der Waals surface area contributed by atoms with E-state index in [-0.39, 0.29) is 5.91 Å². The Labute approximate surface area is 114 Å². The molecule has 1 aromatic carbocycles. The van der Waals surface area contributed by atoms with Crippen molar-refractivity contribution in [1.29, 1.82) is 0 Å². The minimum Gasteiger partial charge on any atom is -0.494 e. The standard InChI is InChI=1S/C14H19NO2S/c1-2-17-13-6-4-3-5-12(13)9-15-8-11(10-18)7-14(15)16/h3-6,11,18H,2,7-10H2,1H3. The van der Waals surface area contributed by atoms with Gasteiger partial charge < -0.3 is 9.64 Å². The van der Waals surface area contributed by atoms with E-state index in [0.717, 1.165) is 23.6 Å². The molecule has 98 valence electrons. The largest absolute Gasteiger partial charge is 0.494 e. The molecule has 0 N–H and O–H groups in total. The predicted molar refractivity (Wildman–Crippen MR) is 75.0 cm³/mol. The summed E-state index contributed by atoms with van der Waals surface area (Å²) in [7, 11) is 0. The first-order valence-electron chi connectivity index (χ1n) is 6.34. The number of hydrogen-bond acceptors (Lipinski definition) is 3. The van der Waals surface area contributed by atoms with E-state index >= 15 is 0 Å². The number of para-hydroxylation sites is 1. The first kappa shape index (κ1) is 13.3. The minimum atomic E-state index is 0.223. The number of benzene rings is 1. The van der Waals surface area contributed by atoms with Gasteiger partial charge in [-0.25, -0.2) is 0 Å². The number of thiol groups is 1. The number of carbonyl (C=O) groups excluding carboxylic acids is 1. The minimum absolute atomic E-state index is 0.223. The molecule has 3 nitrogen and oxygen atoms in total. The van der Waals surface area contributed by atoms with E-state index in [0.29, 0.717) is 25.5 Å². The van der Waals surface area contributed by atoms with Crippen LogP contribution in [0.3, 0.4) is 0 Å². The second-order valence-corrected chi connectivity index (χ2v) is 4.93. The Bertz CT molecular complexity index is 422. The van der Waals surface area contributed by atoms with Gasteiger partial charge in [0, 0.05) is 25.1 Å². The molecule has 1 unspecified atom stereocenters. The SMILES string of the molecule is CCOc1ccccc1CN1CC(CS)CC1=O. The molecule has 0 spiro atoms. The van der Waals surface area contributed by atoms with E-state index in [1.54, 1.807) is 0 Å². The Hall–Kier alpha value is -1.16. The second kappa shape index (κ2) is 6.14. The van der Waals surface area contributed by atoms with Crippen LogP contribution in [0, 0.1) is 5.92 Å². The number of rotatable bonds is 5. The zero-order chi connectivity index (χ0) is 13.0. The summed E-state index contributed by atoms with van der Waals surface area (Å²) >= 11 is 4.27. The molecule has 1 saturated heterocycles. The summed E-state index contributed by atoms with van der Waals surface area (Å²) in [5, 5.41) is 0. The average molecular weight is 265 g/mol. The Balaban J connectivity index is 2.07. The van der Waals surface area contributed by atoms with E-state index in [4.69, 9.17) is 4.74 Å². The van der Waals surface area contributed by atoms with Gasteiger partial charge in [0.2, 0.25) is 5.91 Å². The summed E-state index contributed by atoms with van der Waals surface area (Å²) in [6.45, 7) is 4.06. The van der Waals surface area contributed by atoms with Gasteiger partial charge in [0.05, 0.1) is 6.61 Å².